The SMILES string of the molecule is CN1CC(C)(C)CC12CCCCC2. The lowest BCUT2D eigenvalue weighted by Crippen LogP contribution is -2.42. The zero-order valence-electron chi connectivity index (χ0n) is 9.40. The smallest absolute Gasteiger partial charge is 0.0212 e. The van der Waals surface area contributed by atoms with Gasteiger partial charge in [0.2, 0.25) is 0 Å². The molecule has 0 aromatic carbocycles. The van der Waals surface area contributed by atoms with Crippen LogP contribution in [0.3, 0.4) is 0 Å². The molecule has 1 heterocycles. The van der Waals surface area contributed by atoms with Crippen molar-refractivity contribution in [3.63, 3.8) is 0 Å². The van der Waals surface area contributed by atoms with Gasteiger partial charge in [-0.3, -0.25) is 0 Å². The van der Waals surface area contributed by atoms with E-state index < -0.39 is 0 Å². The molecule has 0 atom stereocenters. The van der Waals surface area contributed by atoms with E-state index in [0.29, 0.717) is 11.0 Å². The van der Waals surface area contributed by atoms with Crippen LogP contribution in [0.15, 0.2) is 0 Å². The average molecular weight is 181 g/mol. The molecule has 2 fully saturated rings. The average Bonchev–Trinajstić information content (AvgIpc) is 2.23. The van der Waals surface area contributed by atoms with Gasteiger partial charge in [-0.2, -0.15) is 0 Å². The van der Waals surface area contributed by atoms with Crippen molar-refractivity contribution in [1.29, 1.82) is 0 Å². The van der Waals surface area contributed by atoms with E-state index in [1.165, 1.54) is 45.1 Å². The third-order valence-corrected chi connectivity index (χ3v) is 4.07. The van der Waals surface area contributed by atoms with Gasteiger partial charge in [0.1, 0.15) is 0 Å². The molecule has 76 valence electrons. The molecular formula is C12H23N. The Hall–Kier alpha value is -0.0400. The van der Waals surface area contributed by atoms with Crippen LogP contribution in [0, 0.1) is 5.41 Å². The molecule has 2 rings (SSSR count). The Morgan fingerprint density at radius 1 is 1.00 bits per heavy atom. The van der Waals surface area contributed by atoms with Crippen LogP contribution in [0.1, 0.15) is 52.4 Å². The maximum absolute atomic E-state index is 2.64. The molecule has 1 saturated carbocycles. The fourth-order valence-corrected chi connectivity index (χ4v) is 3.66. The lowest BCUT2D eigenvalue weighted by atomic mass is 9.75. The molecule has 1 saturated heterocycles. The molecule has 0 unspecified atom stereocenters. The van der Waals surface area contributed by atoms with E-state index in [1.807, 2.05) is 0 Å². The van der Waals surface area contributed by atoms with E-state index in [2.05, 4.69) is 25.8 Å². The van der Waals surface area contributed by atoms with Gasteiger partial charge in [-0.05, 0) is 31.7 Å². The minimum Gasteiger partial charge on any atom is -0.300 e. The van der Waals surface area contributed by atoms with Crippen LogP contribution in [-0.2, 0) is 0 Å². The van der Waals surface area contributed by atoms with Crippen LogP contribution in [0.2, 0.25) is 0 Å². The maximum Gasteiger partial charge on any atom is 0.0212 e. The first-order chi connectivity index (χ1) is 6.04. The van der Waals surface area contributed by atoms with E-state index in [9.17, 15) is 0 Å². The summed E-state index contributed by atoms with van der Waals surface area (Å²) in [6, 6.07) is 0. The van der Waals surface area contributed by atoms with Gasteiger partial charge < -0.3 is 4.90 Å². The van der Waals surface area contributed by atoms with Gasteiger partial charge in [0.15, 0.2) is 0 Å². The van der Waals surface area contributed by atoms with Gasteiger partial charge in [-0.15, -0.1) is 0 Å². The van der Waals surface area contributed by atoms with Crippen LogP contribution in [0.5, 0.6) is 0 Å². The Bertz CT molecular complexity index is 189. The second-order valence-corrected chi connectivity index (χ2v) is 5.98. The summed E-state index contributed by atoms with van der Waals surface area (Å²) < 4.78 is 0. The standard InChI is InChI=1S/C12H23N/c1-11(2)9-12(13(3)10-11)7-5-4-6-8-12/h4-10H2,1-3H3. The second-order valence-electron chi connectivity index (χ2n) is 5.98. The highest BCUT2D eigenvalue weighted by molar-refractivity contribution is 5.02. The Kier molecular flexibility index (Phi) is 2.18. The zero-order valence-corrected chi connectivity index (χ0v) is 9.40. The summed E-state index contributed by atoms with van der Waals surface area (Å²) in [5.41, 5.74) is 1.16. The van der Waals surface area contributed by atoms with Crippen molar-refractivity contribution in [1.82, 2.24) is 4.90 Å². The molecule has 1 heteroatoms. The molecule has 0 radical (unpaired) electrons. The van der Waals surface area contributed by atoms with Crippen LogP contribution >= 0.6 is 0 Å². The van der Waals surface area contributed by atoms with Crippen molar-refractivity contribution < 1.29 is 0 Å². The van der Waals surface area contributed by atoms with Crippen molar-refractivity contribution in [3.05, 3.63) is 0 Å². The predicted octanol–water partition coefficient (Wildman–Crippen LogP) is 3.05. The van der Waals surface area contributed by atoms with Crippen molar-refractivity contribution in [2.24, 2.45) is 5.41 Å². The summed E-state index contributed by atoms with van der Waals surface area (Å²) in [6.07, 6.45) is 8.72. The molecule has 1 aliphatic carbocycles. The molecule has 1 aliphatic heterocycles. The highest BCUT2D eigenvalue weighted by Crippen LogP contribution is 2.47. The highest BCUT2D eigenvalue weighted by Gasteiger charge is 2.47. The summed E-state index contributed by atoms with van der Waals surface area (Å²) >= 11 is 0. The molecule has 0 bridgehead atoms. The summed E-state index contributed by atoms with van der Waals surface area (Å²) in [6.45, 7) is 6.15. The number of hydrogen-bond donors (Lipinski definition) is 0. The third kappa shape index (κ3) is 1.63. The Labute approximate surface area is 82.5 Å². The van der Waals surface area contributed by atoms with E-state index in [-0.39, 0.29) is 0 Å². The molecule has 1 nitrogen and oxygen atoms in total. The van der Waals surface area contributed by atoms with Gasteiger partial charge in [-0.25, -0.2) is 0 Å². The van der Waals surface area contributed by atoms with Gasteiger partial charge in [0, 0.05) is 12.1 Å². The van der Waals surface area contributed by atoms with E-state index in [4.69, 9.17) is 0 Å². The molecule has 0 aromatic heterocycles. The molecule has 2 aliphatic rings. The monoisotopic (exact) mass is 181 g/mol. The van der Waals surface area contributed by atoms with Crippen molar-refractivity contribution >= 4 is 0 Å². The topological polar surface area (TPSA) is 3.24 Å². The van der Waals surface area contributed by atoms with Gasteiger partial charge >= 0.3 is 0 Å². The quantitative estimate of drug-likeness (QED) is 0.555. The third-order valence-electron chi connectivity index (χ3n) is 4.07. The zero-order chi connectivity index (χ0) is 9.53. The maximum atomic E-state index is 2.64. The Morgan fingerprint density at radius 3 is 2.08 bits per heavy atom. The Balaban J connectivity index is 2.13. The molecule has 0 amide bonds. The van der Waals surface area contributed by atoms with E-state index >= 15 is 0 Å². The van der Waals surface area contributed by atoms with E-state index in [0.717, 1.165) is 0 Å². The largest absolute Gasteiger partial charge is 0.300 e. The normalized spacial score (nSPS) is 32.5. The number of rotatable bonds is 0. The Morgan fingerprint density at radius 2 is 1.62 bits per heavy atom. The van der Waals surface area contributed by atoms with Crippen molar-refractivity contribution in [2.75, 3.05) is 13.6 Å². The van der Waals surface area contributed by atoms with Gasteiger partial charge in [0.05, 0.1) is 0 Å². The summed E-state index contributed by atoms with van der Waals surface area (Å²) in [5, 5.41) is 0. The first kappa shape index (κ1) is 9.51. The number of likely N-dealkylation sites (tertiary alicyclic amines) is 1. The van der Waals surface area contributed by atoms with Crippen molar-refractivity contribution in [2.45, 2.75) is 57.9 Å². The lowest BCUT2D eigenvalue weighted by Gasteiger charge is -2.39. The minimum atomic E-state index is 0.562. The number of nitrogens with zero attached hydrogens (tertiary/aromatic N) is 1. The predicted molar refractivity (Wildman–Crippen MR) is 56.8 cm³/mol. The van der Waals surface area contributed by atoms with Crippen LogP contribution in [-0.4, -0.2) is 24.0 Å². The van der Waals surface area contributed by atoms with E-state index in [1.54, 1.807) is 0 Å². The minimum absolute atomic E-state index is 0.562. The summed E-state index contributed by atoms with van der Waals surface area (Å²) in [5.74, 6) is 0. The summed E-state index contributed by atoms with van der Waals surface area (Å²) in [7, 11) is 2.33. The van der Waals surface area contributed by atoms with Crippen molar-refractivity contribution in [3.8, 4) is 0 Å². The van der Waals surface area contributed by atoms with Crippen LogP contribution < -0.4 is 0 Å². The van der Waals surface area contributed by atoms with Gasteiger partial charge in [-0.1, -0.05) is 33.1 Å². The molecule has 0 N–H and O–H groups in total. The molecule has 13 heavy (non-hydrogen) atoms. The van der Waals surface area contributed by atoms with Crippen LogP contribution in [0.25, 0.3) is 0 Å². The lowest BCUT2D eigenvalue weighted by molar-refractivity contribution is 0.120. The van der Waals surface area contributed by atoms with Crippen LogP contribution in [0.4, 0.5) is 0 Å². The second kappa shape index (κ2) is 2.98. The molecule has 1 spiro atoms. The fourth-order valence-electron chi connectivity index (χ4n) is 3.66. The highest BCUT2D eigenvalue weighted by atomic mass is 15.2. The molecular weight excluding hydrogens is 158 g/mol. The number of hydrogen-bond acceptors (Lipinski definition) is 1. The fraction of sp³-hybridized carbons (Fsp3) is 1.00. The first-order valence-corrected chi connectivity index (χ1v) is 5.75. The summed E-state index contributed by atoms with van der Waals surface area (Å²) in [4.78, 5) is 2.64. The first-order valence-electron chi connectivity index (χ1n) is 5.75. The molecule has 0 aromatic rings. The van der Waals surface area contributed by atoms with Gasteiger partial charge in [0.25, 0.3) is 0 Å².